The minimum atomic E-state index is -4.56. The summed E-state index contributed by atoms with van der Waals surface area (Å²) in [6, 6.07) is 3.72. The average molecular weight is 478 g/mol. The van der Waals surface area contributed by atoms with Gasteiger partial charge in [-0.3, -0.25) is 9.48 Å². The number of amides is 1. The lowest BCUT2D eigenvalue weighted by Gasteiger charge is -2.33. The third kappa shape index (κ3) is 4.52. The summed E-state index contributed by atoms with van der Waals surface area (Å²) < 4.78 is 54.8. The van der Waals surface area contributed by atoms with Crippen molar-refractivity contribution in [2.45, 2.75) is 38.1 Å². The maximum absolute atomic E-state index is 14.0. The zero-order chi connectivity index (χ0) is 24.6. The summed E-state index contributed by atoms with van der Waals surface area (Å²) in [6.45, 7) is 1.99. The molecule has 182 valence electrons. The largest absolute Gasteiger partial charge is 0.493 e. The van der Waals surface area contributed by atoms with Gasteiger partial charge in [-0.2, -0.15) is 23.4 Å². The van der Waals surface area contributed by atoms with Crippen LogP contribution in [0.4, 0.5) is 19.0 Å². The van der Waals surface area contributed by atoms with Gasteiger partial charge in [-0.25, -0.2) is 4.68 Å². The fourth-order valence-electron chi connectivity index (χ4n) is 4.06. The highest BCUT2D eigenvalue weighted by atomic mass is 19.4. The van der Waals surface area contributed by atoms with Crippen LogP contribution in [-0.2, 0) is 13.6 Å². The van der Waals surface area contributed by atoms with Gasteiger partial charge in [0.15, 0.2) is 23.2 Å². The number of aryl methyl sites for hydroxylation is 2. The van der Waals surface area contributed by atoms with Crippen LogP contribution in [0.1, 0.15) is 45.8 Å². The summed E-state index contributed by atoms with van der Waals surface area (Å²) in [4.78, 5) is 12.7. The van der Waals surface area contributed by atoms with Crippen LogP contribution in [0.25, 0.3) is 0 Å². The number of methoxy groups -OCH3 is 2. The molecule has 1 aliphatic rings. The predicted molar refractivity (Wildman–Crippen MR) is 117 cm³/mol. The second-order valence-electron chi connectivity index (χ2n) is 8.06. The van der Waals surface area contributed by atoms with Gasteiger partial charge in [-0.1, -0.05) is 6.07 Å². The second kappa shape index (κ2) is 8.92. The number of fused-ring (bicyclic) bond motifs is 1. The van der Waals surface area contributed by atoms with Gasteiger partial charge in [0.1, 0.15) is 5.82 Å². The third-order valence-corrected chi connectivity index (χ3v) is 5.79. The molecular formula is C22H25F3N6O3. The number of carbonyl (C=O) groups is 1. The van der Waals surface area contributed by atoms with E-state index in [1.807, 2.05) is 6.92 Å². The van der Waals surface area contributed by atoms with Gasteiger partial charge in [0.05, 0.1) is 26.0 Å². The normalized spacial score (nSPS) is 17.6. The first kappa shape index (κ1) is 23.5. The van der Waals surface area contributed by atoms with Gasteiger partial charge >= 0.3 is 6.18 Å². The zero-order valence-electron chi connectivity index (χ0n) is 19.1. The van der Waals surface area contributed by atoms with Crippen molar-refractivity contribution < 1.29 is 27.4 Å². The minimum Gasteiger partial charge on any atom is -0.493 e. The molecule has 0 spiro atoms. The number of rotatable bonds is 6. The second-order valence-corrected chi connectivity index (χ2v) is 8.06. The Hall–Kier alpha value is -3.70. The topological polar surface area (TPSA) is 95.2 Å². The van der Waals surface area contributed by atoms with E-state index >= 15 is 0 Å². The molecule has 0 aliphatic carbocycles. The number of benzene rings is 1. The molecule has 1 aliphatic heterocycles. The van der Waals surface area contributed by atoms with E-state index in [1.165, 1.54) is 20.3 Å². The van der Waals surface area contributed by atoms with Crippen molar-refractivity contribution in [1.82, 2.24) is 24.9 Å². The Morgan fingerprint density at radius 2 is 1.94 bits per heavy atom. The lowest BCUT2D eigenvalue weighted by Crippen LogP contribution is -2.35. The molecule has 2 N–H and O–H groups in total. The highest BCUT2D eigenvalue weighted by Gasteiger charge is 2.47. The first-order chi connectivity index (χ1) is 16.1. The SMILES string of the molecule is COc1ccc([C@H]2C[C@H](C(F)(F)F)n3nc(C(=O)NCc4cn(C)nc4C)cc3N2)cc1OC. The molecule has 1 amide bonds. The molecule has 4 rings (SSSR count). The number of hydrogen-bond donors (Lipinski definition) is 2. The standard InChI is InChI=1S/C22H25F3N6O3/c1-12-14(11-30(2)28-12)10-26-21(32)16-9-20-27-15(8-19(22(23,24)25)31(20)29-16)13-5-6-17(33-3)18(7-13)34-4/h5-7,9,11,15,19,27H,8,10H2,1-4H3,(H,26,32)/t15-,19-/m1/s1. The van der Waals surface area contributed by atoms with Crippen LogP contribution >= 0.6 is 0 Å². The average Bonchev–Trinajstić information content (AvgIpc) is 3.37. The molecule has 9 nitrogen and oxygen atoms in total. The first-order valence-corrected chi connectivity index (χ1v) is 10.5. The number of nitrogens with zero attached hydrogens (tertiary/aromatic N) is 4. The molecule has 0 unspecified atom stereocenters. The molecule has 0 saturated carbocycles. The van der Waals surface area contributed by atoms with Gasteiger partial charge in [0.25, 0.3) is 5.91 Å². The Morgan fingerprint density at radius 3 is 2.56 bits per heavy atom. The lowest BCUT2D eigenvalue weighted by atomic mass is 9.96. The Morgan fingerprint density at radius 1 is 1.21 bits per heavy atom. The lowest BCUT2D eigenvalue weighted by molar-refractivity contribution is -0.173. The summed E-state index contributed by atoms with van der Waals surface area (Å²) in [7, 11) is 4.71. The molecule has 2 aromatic heterocycles. The third-order valence-electron chi connectivity index (χ3n) is 5.79. The molecule has 1 aromatic carbocycles. The molecule has 12 heteroatoms. The molecule has 3 aromatic rings. The number of nitrogens with one attached hydrogen (secondary N) is 2. The Bertz CT molecular complexity index is 1200. The zero-order valence-corrected chi connectivity index (χ0v) is 19.1. The van der Waals surface area contributed by atoms with Crippen LogP contribution in [0, 0.1) is 6.92 Å². The van der Waals surface area contributed by atoms with E-state index in [0.717, 1.165) is 15.9 Å². The molecule has 0 saturated heterocycles. The molecule has 0 bridgehead atoms. The number of hydrogen-bond acceptors (Lipinski definition) is 6. The number of alkyl halides is 3. The van der Waals surface area contributed by atoms with E-state index in [-0.39, 0.29) is 24.5 Å². The van der Waals surface area contributed by atoms with E-state index in [4.69, 9.17) is 9.47 Å². The van der Waals surface area contributed by atoms with Gasteiger partial charge in [-0.05, 0) is 24.6 Å². The Kier molecular flexibility index (Phi) is 6.15. The number of ether oxygens (including phenoxy) is 2. The summed E-state index contributed by atoms with van der Waals surface area (Å²) >= 11 is 0. The quantitative estimate of drug-likeness (QED) is 0.563. The fourth-order valence-corrected chi connectivity index (χ4v) is 4.06. The van der Waals surface area contributed by atoms with Gasteiger partial charge in [-0.15, -0.1) is 0 Å². The van der Waals surface area contributed by atoms with Crippen LogP contribution in [-0.4, -0.2) is 45.9 Å². The minimum absolute atomic E-state index is 0.105. The van der Waals surface area contributed by atoms with Gasteiger partial charge in [0, 0.05) is 37.8 Å². The van der Waals surface area contributed by atoms with Crippen LogP contribution < -0.4 is 20.1 Å². The number of carbonyl (C=O) groups excluding carboxylic acids is 1. The maximum Gasteiger partial charge on any atom is 0.410 e. The molecule has 2 atom stereocenters. The van der Waals surface area contributed by atoms with Crippen molar-refractivity contribution in [2.24, 2.45) is 7.05 Å². The molecule has 0 fully saturated rings. The molecule has 0 radical (unpaired) electrons. The molecule has 3 heterocycles. The summed E-state index contributed by atoms with van der Waals surface area (Å²) in [5.74, 6) is 0.420. The highest BCUT2D eigenvalue weighted by Crippen LogP contribution is 2.44. The first-order valence-electron chi connectivity index (χ1n) is 10.5. The highest BCUT2D eigenvalue weighted by molar-refractivity contribution is 5.93. The van der Waals surface area contributed by atoms with Crippen LogP contribution in [0.15, 0.2) is 30.5 Å². The number of anilines is 1. The van der Waals surface area contributed by atoms with Gasteiger partial charge in [0.2, 0.25) is 0 Å². The van der Waals surface area contributed by atoms with Crippen LogP contribution in [0.3, 0.4) is 0 Å². The van der Waals surface area contributed by atoms with Crippen molar-refractivity contribution in [3.8, 4) is 11.5 Å². The molecular weight excluding hydrogens is 453 g/mol. The number of aromatic nitrogens is 4. The monoisotopic (exact) mass is 478 g/mol. The summed E-state index contributed by atoms with van der Waals surface area (Å²) in [5, 5.41) is 14.0. The van der Waals surface area contributed by atoms with Crippen LogP contribution in [0.2, 0.25) is 0 Å². The molecule has 34 heavy (non-hydrogen) atoms. The maximum atomic E-state index is 14.0. The van der Waals surface area contributed by atoms with Crippen LogP contribution in [0.5, 0.6) is 11.5 Å². The van der Waals surface area contributed by atoms with Crippen molar-refractivity contribution in [3.05, 3.63) is 53.0 Å². The van der Waals surface area contributed by atoms with Crippen molar-refractivity contribution >= 4 is 11.7 Å². The van der Waals surface area contributed by atoms with E-state index in [9.17, 15) is 18.0 Å². The smallest absolute Gasteiger partial charge is 0.410 e. The van der Waals surface area contributed by atoms with E-state index in [0.29, 0.717) is 17.1 Å². The van der Waals surface area contributed by atoms with Crippen molar-refractivity contribution in [2.75, 3.05) is 19.5 Å². The fraction of sp³-hybridized carbons (Fsp3) is 0.409. The Balaban J connectivity index is 1.60. The van der Waals surface area contributed by atoms with Crippen molar-refractivity contribution in [1.29, 1.82) is 0 Å². The summed E-state index contributed by atoms with van der Waals surface area (Å²) in [6.07, 6.45) is -3.09. The Labute approximate surface area is 193 Å². The predicted octanol–water partition coefficient (Wildman–Crippen LogP) is 3.53. The van der Waals surface area contributed by atoms with E-state index in [2.05, 4.69) is 20.8 Å². The van der Waals surface area contributed by atoms with E-state index < -0.39 is 24.2 Å². The van der Waals surface area contributed by atoms with Gasteiger partial charge < -0.3 is 20.1 Å². The van der Waals surface area contributed by atoms with Crippen molar-refractivity contribution in [3.63, 3.8) is 0 Å². The summed E-state index contributed by atoms with van der Waals surface area (Å²) in [5.41, 5.74) is 2.05. The van der Waals surface area contributed by atoms with E-state index in [1.54, 1.807) is 36.1 Å². The number of halogens is 3.